The maximum Gasteiger partial charge on any atom is 0.248 e. The molecule has 2 heterocycles. The minimum absolute atomic E-state index is 0.0702. The van der Waals surface area contributed by atoms with E-state index in [0.29, 0.717) is 31.0 Å². The van der Waals surface area contributed by atoms with Crippen molar-refractivity contribution in [3.05, 3.63) is 11.8 Å². The Morgan fingerprint density at radius 2 is 2.35 bits per heavy atom. The van der Waals surface area contributed by atoms with Gasteiger partial charge in [0.05, 0.1) is 0 Å². The molecule has 0 spiro atoms. The summed E-state index contributed by atoms with van der Waals surface area (Å²) in [4.78, 5) is 26.0. The van der Waals surface area contributed by atoms with Crippen LogP contribution in [0.25, 0.3) is 0 Å². The minimum Gasteiger partial charge on any atom is -0.360 e. The maximum absolute atomic E-state index is 12.2. The van der Waals surface area contributed by atoms with Crippen molar-refractivity contribution in [3.63, 3.8) is 0 Å². The molecule has 2 rings (SSSR count). The lowest BCUT2D eigenvalue weighted by atomic mass is 10.2. The first-order valence-electron chi connectivity index (χ1n) is 7.15. The molecule has 1 aromatic heterocycles. The predicted molar refractivity (Wildman–Crippen MR) is 74.1 cm³/mol. The van der Waals surface area contributed by atoms with Crippen molar-refractivity contribution < 1.29 is 14.1 Å². The molecule has 1 unspecified atom stereocenters. The van der Waals surface area contributed by atoms with Gasteiger partial charge in [0, 0.05) is 19.0 Å². The summed E-state index contributed by atoms with van der Waals surface area (Å²) in [7, 11) is 0. The summed E-state index contributed by atoms with van der Waals surface area (Å²) in [5.41, 5.74) is 0. The van der Waals surface area contributed by atoms with Gasteiger partial charge in [0.2, 0.25) is 11.8 Å². The van der Waals surface area contributed by atoms with Gasteiger partial charge < -0.3 is 14.7 Å². The number of amides is 2. The zero-order valence-electron chi connectivity index (χ0n) is 12.0. The quantitative estimate of drug-likeness (QED) is 0.895. The molecule has 0 saturated carbocycles. The van der Waals surface area contributed by atoms with Gasteiger partial charge in [0.15, 0.2) is 5.82 Å². The highest BCUT2D eigenvalue weighted by Crippen LogP contribution is 2.20. The summed E-state index contributed by atoms with van der Waals surface area (Å²) in [5, 5.41) is 6.44. The van der Waals surface area contributed by atoms with Crippen LogP contribution in [0.15, 0.2) is 10.6 Å². The highest BCUT2D eigenvalue weighted by molar-refractivity contribution is 5.96. The average molecular weight is 279 g/mol. The van der Waals surface area contributed by atoms with Crippen LogP contribution in [0.2, 0.25) is 0 Å². The highest BCUT2D eigenvalue weighted by atomic mass is 16.5. The van der Waals surface area contributed by atoms with Gasteiger partial charge >= 0.3 is 0 Å². The van der Waals surface area contributed by atoms with Crippen LogP contribution in [0.4, 0.5) is 5.82 Å². The Labute approximate surface area is 118 Å². The lowest BCUT2D eigenvalue weighted by Crippen LogP contribution is -2.43. The summed E-state index contributed by atoms with van der Waals surface area (Å²) in [6.45, 7) is 4.48. The third kappa shape index (κ3) is 3.37. The van der Waals surface area contributed by atoms with Crippen molar-refractivity contribution >= 4 is 17.6 Å². The van der Waals surface area contributed by atoms with Gasteiger partial charge in [-0.25, -0.2) is 0 Å². The van der Waals surface area contributed by atoms with Crippen LogP contribution in [0.5, 0.6) is 0 Å². The zero-order valence-corrected chi connectivity index (χ0v) is 12.0. The third-order valence-electron chi connectivity index (χ3n) is 3.50. The fraction of sp³-hybridized carbons (Fsp3) is 0.643. The lowest BCUT2D eigenvalue weighted by Gasteiger charge is -2.23. The molecule has 6 nitrogen and oxygen atoms in total. The van der Waals surface area contributed by atoms with Gasteiger partial charge in [-0.3, -0.25) is 9.59 Å². The topological polar surface area (TPSA) is 75.4 Å². The molecule has 0 aliphatic carbocycles. The summed E-state index contributed by atoms with van der Waals surface area (Å²) < 4.78 is 4.91. The van der Waals surface area contributed by atoms with E-state index in [2.05, 4.69) is 10.5 Å². The number of hydrogen-bond acceptors (Lipinski definition) is 4. The molecule has 1 saturated heterocycles. The first kappa shape index (κ1) is 14.6. The molecule has 0 radical (unpaired) electrons. The number of nitrogens with zero attached hydrogens (tertiary/aromatic N) is 2. The van der Waals surface area contributed by atoms with E-state index in [1.807, 2.05) is 6.92 Å². The van der Waals surface area contributed by atoms with Gasteiger partial charge in [-0.05, 0) is 26.2 Å². The normalized spacial score (nSPS) is 18.3. The molecule has 1 aromatic rings. The van der Waals surface area contributed by atoms with Crippen LogP contribution in [-0.2, 0) is 9.59 Å². The van der Waals surface area contributed by atoms with Crippen LogP contribution in [-0.4, -0.2) is 34.5 Å². The fourth-order valence-corrected chi connectivity index (χ4v) is 2.44. The maximum atomic E-state index is 12.2. The van der Waals surface area contributed by atoms with Crippen LogP contribution in [0.3, 0.4) is 0 Å². The van der Waals surface area contributed by atoms with Crippen molar-refractivity contribution in [3.8, 4) is 0 Å². The number of aromatic nitrogens is 1. The van der Waals surface area contributed by atoms with Crippen LogP contribution >= 0.6 is 0 Å². The Morgan fingerprint density at radius 1 is 1.55 bits per heavy atom. The molecular weight excluding hydrogens is 258 g/mol. The van der Waals surface area contributed by atoms with Gasteiger partial charge in [-0.15, -0.1) is 0 Å². The molecule has 1 N–H and O–H groups in total. The number of hydrogen-bond donors (Lipinski definition) is 1. The monoisotopic (exact) mass is 279 g/mol. The molecule has 20 heavy (non-hydrogen) atoms. The molecule has 1 aliphatic rings. The number of aryl methyl sites for hydroxylation is 1. The number of anilines is 1. The molecule has 6 heteroatoms. The Kier molecular flexibility index (Phi) is 4.76. The first-order valence-corrected chi connectivity index (χ1v) is 7.15. The number of carbonyl (C=O) groups excluding carboxylic acids is 2. The molecule has 110 valence electrons. The summed E-state index contributed by atoms with van der Waals surface area (Å²) in [6.07, 6.45) is 3.94. The van der Waals surface area contributed by atoms with E-state index in [4.69, 9.17) is 4.52 Å². The van der Waals surface area contributed by atoms with Crippen molar-refractivity contribution in [2.45, 2.75) is 52.0 Å². The van der Waals surface area contributed by atoms with Crippen LogP contribution in [0, 0.1) is 6.92 Å². The SMILES string of the molecule is CCCCC(=O)N1CCCC1C(=O)Nc1cc(C)on1. The Morgan fingerprint density at radius 3 is 3.00 bits per heavy atom. The smallest absolute Gasteiger partial charge is 0.248 e. The van der Waals surface area contributed by atoms with Crippen LogP contribution in [0.1, 0.15) is 44.8 Å². The lowest BCUT2D eigenvalue weighted by molar-refractivity contribution is -0.136. The number of rotatable bonds is 5. The first-order chi connectivity index (χ1) is 9.61. The largest absolute Gasteiger partial charge is 0.360 e. The van der Waals surface area contributed by atoms with Gasteiger partial charge in [0.25, 0.3) is 0 Å². The van der Waals surface area contributed by atoms with Crippen LogP contribution < -0.4 is 5.32 Å². The highest BCUT2D eigenvalue weighted by Gasteiger charge is 2.33. The summed E-state index contributed by atoms with van der Waals surface area (Å²) in [6, 6.07) is 1.28. The molecule has 0 aromatic carbocycles. The number of unbranched alkanes of at least 4 members (excludes halogenated alkanes) is 1. The third-order valence-corrected chi connectivity index (χ3v) is 3.50. The fourth-order valence-electron chi connectivity index (χ4n) is 2.44. The van der Waals surface area contributed by atoms with Crippen molar-refractivity contribution in [1.82, 2.24) is 10.1 Å². The molecule has 1 aliphatic heterocycles. The van der Waals surface area contributed by atoms with Crippen molar-refractivity contribution in [2.75, 3.05) is 11.9 Å². The second-order valence-electron chi connectivity index (χ2n) is 5.16. The summed E-state index contributed by atoms with van der Waals surface area (Å²) >= 11 is 0. The Bertz CT molecular complexity index is 484. The van der Waals surface area contributed by atoms with E-state index < -0.39 is 0 Å². The molecular formula is C14H21N3O3. The molecule has 1 atom stereocenters. The number of nitrogens with one attached hydrogen (secondary N) is 1. The Balaban J connectivity index is 1.95. The van der Waals surface area contributed by atoms with E-state index in [1.54, 1.807) is 17.9 Å². The summed E-state index contributed by atoms with van der Waals surface area (Å²) in [5.74, 6) is 0.935. The van der Waals surface area contributed by atoms with E-state index >= 15 is 0 Å². The van der Waals surface area contributed by atoms with Gasteiger partial charge in [0.1, 0.15) is 11.8 Å². The standard InChI is InChI=1S/C14H21N3O3/c1-3-4-7-13(18)17-8-5-6-11(17)14(19)15-12-9-10(2)20-16-12/h9,11H,3-8H2,1-2H3,(H,15,16,19). The number of likely N-dealkylation sites (tertiary alicyclic amines) is 1. The molecule has 1 fully saturated rings. The number of carbonyl (C=O) groups is 2. The molecule has 2 amide bonds. The van der Waals surface area contributed by atoms with E-state index in [9.17, 15) is 9.59 Å². The second kappa shape index (κ2) is 6.54. The van der Waals surface area contributed by atoms with Gasteiger partial charge in [-0.1, -0.05) is 18.5 Å². The van der Waals surface area contributed by atoms with Crippen molar-refractivity contribution in [1.29, 1.82) is 0 Å². The van der Waals surface area contributed by atoms with E-state index in [1.165, 1.54) is 0 Å². The second-order valence-corrected chi connectivity index (χ2v) is 5.16. The average Bonchev–Trinajstić information content (AvgIpc) is 3.05. The Hall–Kier alpha value is -1.85. The van der Waals surface area contributed by atoms with E-state index in [0.717, 1.165) is 19.3 Å². The van der Waals surface area contributed by atoms with Gasteiger partial charge in [-0.2, -0.15) is 0 Å². The predicted octanol–water partition coefficient (Wildman–Crippen LogP) is 2.10. The minimum atomic E-state index is -0.378. The van der Waals surface area contributed by atoms with Crippen molar-refractivity contribution in [2.24, 2.45) is 0 Å². The zero-order chi connectivity index (χ0) is 14.5. The van der Waals surface area contributed by atoms with E-state index in [-0.39, 0.29) is 17.9 Å². The molecule has 0 bridgehead atoms.